The normalized spacial score (nSPS) is 15.1. The van der Waals surface area contributed by atoms with Gasteiger partial charge in [0, 0.05) is 18.7 Å². The minimum Gasteiger partial charge on any atom is -0.295 e. The third-order valence-corrected chi connectivity index (χ3v) is 5.02. The highest BCUT2D eigenvalue weighted by atomic mass is 32.2. The lowest BCUT2D eigenvalue weighted by molar-refractivity contribution is 0.101. The molecule has 0 amide bonds. The molecule has 1 aliphatic rings. The van der Waals surface area contributed by atoms with Crippen molar-refractivity contribution in [1.82, 2.24) is 4.72 Å². The molecule has 0 saturated heterocycles. The van der Waals surface area contributed by atoms with Gasteiger partial charge in [0.2, 0.25) is 0 Å². The van der Waals surface area contributed by atoms with Crippen LogP contribution < -0.4 is 9.03 Å². The number of benzene rings is 1. The fraction of sp³-hybridized carbons (Fsp3) is 0.533. The summed E-state index contributed by atoms with van der Waals surface area (Å²) >= 11 is 0. The number of carbonyl (C=O) groups excluding carboxylic acids is 1. The lowest BCUT2D eigenvalue weighted by atomic mass is 9.99. The highest BCUT2D eigenvalue weighted by Gasteiger charge is 2.27. The van der Waals surface area contributed by atoms with Crippen LogP contribution in [-0.4, -0.2) is 27.3 Å². The SMILES string of the molecule is CC(=O)c1ccc2c(c1)CCCN2S(=O)(=O)NCC(C)C. The van der Waals surface area contributed by atoms with Gasteiger partial charge in [-0.3, -0.25) is 9.10 Å². The number of aryl methyl sites for hydroxylation is 1. The van der Waals surface area contributed by atoms with Crippen molar-refractivity contribution in [3.63, 3.8) is 0 Å². The summed E-state index contributed by atoms with van der Waals surface area (Å²) in [6.07, 6.45) is 1.56. The number of rotatable bonds is 5. The molecular formula is C15H22N2O3S. The lowest BCUT2D eigenvalue weighted by Crippen LogP contribution is -2.44. The van der Waals surface area contributed by atoms with Crippen LogP contribution in [0.15, 0.2) is 18.2 Å². The van der Waals surface area contributed by atoms with Crippen LogP contribution >= 0.6 is 0 Å². The number of anilines is 1. The van der Waals surface area contributed by atoms with Gasteiger partial charge in [-0.1, -0.05) is 13.8 Å². The van der Waals surface area contributed by atoms with Crippen molar-refractivity contribution in [3.8, 4) is 0 Å². The van der Waals surface area contributed by atoms with E-state index < -0.39 is 10.2 Å². The van der Waals surface area contributed by atoms with E-state index in [1.54, 1.807) is 12.1 Å². The van der Waals surface area contributed by atoms with Crippen LogP contribution in [0.25, 0.3) is 0 Å². The summed E-state index contributed by atoms with van der Waals surface area (Å²) in [7, 11) is -3.53. The Labute approximate surface area is 126 Å². The average molecular weight is 310 g/mol. The van der Waals surface area contributed by atoms with E-state index in [-0.39, 0.29) is 11.7 Å². The number of nitrogens with zero attached hydrogens (tertiary/aromatic N) is 1. The van der Waals surface area contributed by atoms with Gasteiger partial charge in [0.25, 0.3) is 0 Å². The average Bonchev–Trinajstić information content (AvgIpc) is 2.44. The van der Waals surface area contributed by atoms with Crippen molar-refractivity contribution < 1.29 is 13.2 Å². The van der Waals surface area contributed by atoms with Crippen molar-refractivity contribution >= 4 is 21.7 Å². The molecule has 1 N–H and O–H groups in total. The number of ketones is 1. The van der Waals surface area contributed by atoms with Crippen LogP contribution in [-0.2, 0) is 16.6 Å². The predicted octanol–water partition coefficient (Wildman–Crippen LogP) is 2.13. The molecule has 0 atom stereocenters. The first-order chi connectivity index (χ1) is 9.81. The van der Waals surface area contributed by atoms with Crippen molar-refractivity contribution in [2.24, 2.45) is 5.92 Å². The maximum absolute atomic E-state index is 12.4. The van der Waals surface area contributed by atoms with Gasteiger partial charge >= 0.3 is 10.2 Å². The van der Waals surface area contributed by atoms with Crippen LogP contribution in [0.2, 0.25) is 0 Å². The van der Waals surface area contributed by atoms with E-state index in [9.17, 15) is 13.2 Å². The molecule has 0 spiro atoms. The molecule has 0 radical (unpaired) electrons. The van der Waals surface area contributed by atoms with Crippen LogP contribution in [0.3, 0.4) is 0 Å². The maximum Gasteiger partial charge on any atom is 0.301 e. The zero-order valence-electron chi connectivity index (χ0n) is 12.7. The summed E-state index contributed by atoms with van der Waals surface area (Å²) < 4.78 is 28.9. The van der Waals surface area contributed by atoms with Gasteiger partial charge in [0.15, 0.2) is 5.78 Å². The third-order valence-electron chi connectivity index (χ3n) is 3.53. The Morgan fingerprint density at radius 3 is 2.71 bits per heavy atom. The second-order valence-electron chi connectivity index (χ2n) is 5.82. The number of fused-ring (bicyclic) bond motifs is 1. The van der Waals surface area contributed by atoms with Crippen LogP contribution in [0.4, 0.5) is 5.69 Å². The van der Waals surface area contributed by atoms with E-state index in [1.807, 2.05) is 19.9 Å². The first-order valence-corrected chi connectivity index (χ1v) is 8.66. The summed E-state index contributed by atoms with van der Waals surface area (Å²) in [6, 6.07) is 5.24. The topological polar surface area (TPSA) is 66.5 Å². The van der Waals surface area contributed by atoms with Gasteiger partial charge in [-0.2, -0.15) is 13.1 Å². The Balaban J connectivity index is 2.32. The maximum atomic E-state index is 12.4. The van der Waals surface area contributed by atoms with Crippen molar-refractivity contribution in [2.45, 2.75) is 33.6 Å². The minimum atomic E-state index is -3.53. The summed E-state index contributed by atoms with van der Waals surface area (Å²) in [6.45, 7) is 6.33. The molecule has 0 bridgehead atoms. The molecule has 0 aromatic heterocycles. The molecule has 6 heteroatoms. The van der Waals surface area contributed by atoms with E-state index in [0.29, 0.717) is 24.3 Å². The smallest absolute Gasteiger partial charge is 0.295 e. The zero-order valence-corrected chi connectivity index (χ0v) is 13.5. The molecular weight excluding hydrogens is 288 g/mol. The van der Waals surface area contributed by atoms with E-state index in [2.05, 4.69) is 4.72 Å². The monoisotopic (exact) mass is 310 g/mol. The van der Waals surface area contributed by atoms with Crippen LogP contribution in [0.5, 0.6) is 0 Å². The Morgan fingerprint density at radius 1 is 1.38 bits per heavy atom. The molecule has 1 aliphatic heterocycles. The van der Waals surface area contributed by atoms with Crippen LogP contribution in [0.1, 0.15) is 43.1 Å². The zero-order chi connectivity index (χ0) is 15.6. The first-order valence-electron chi connectivity index (χ1n) is 7.22. The Bertz CT molecular complexity index is 638. The van der Waals surface area contributed by atoms with Gasteiger partial charge < -0.3 is 0 Å². The van der Waals surface area contributed by atoms with E-state index in [1.165, 1.54) is 11.2 Å². The standard InChI is InChI=1S/C15H22N2O3S/c1-11(2)10-16-21(19,20)17-8-4-5-14-9-13(12(3)18)6-7-15(14)17/h6-7,9,11,16H,4-5,8,10H2,1-3H3. The van der Waals surface area contributed by atoms with E-state index in [4.69, 9.17) is 0 Å². The molecule has 21 heavy (non-hydrogen) atoms. The highest BCUT2D eigenvalue weighted by Crippen LogP contribution is 2.30. The summed E-state index contributed by atoms with van der Waals surface area (Å²) in [5.41, 5.74) is 2.23. The number of carbonyl (C=O) groups is 1. The fourth-order valence-corrected chi connectivity index (χ4v) is 3.89. The quantitative estimate of drug-likeness (QED) is 0.847. The summed E-state index contributed by atoms with van der Waals surface area (Å²) in [4.78, 5) is 11.4. The molecule has 5 nitrogen and oxygen atoms in total. The second-order valence-corrected chi connectivity index (χ2v) is 7.50. The molecule has 1 heterocycles. The number of Topliss-reactive ketones (excluding diaryl/α,β-unsaturated/α-hetero) is 1. The van der Waals surface area contributed by atoms with Gasteiger partial charge in [-0.05, 0) is 49.4 Å². The second kappa shape index (κ2) is 6.15. The molecule has 0 fully saturated rings. The third kappa shape index (κ3) is 3.63. The molecule has 0 saturated carbocycles. The van der Waals surface area contributed by atoms with Gasteiger partial charge in [-0.15, -0.1) is 0 Å². The van der Waals surface area contributed by atoms with Gasteiger partial charge in [0.1, 0.15) is 0 Å². The van der Waals surface area contributed by atoms with Gasteiger partial charge in [0.05, 0.1) is 5.69 Å². The number of nitrogens with one attached hydrogen (secondary N) is 1. The van der Waals surface area contributed by atoms with Crippen molar-refractivity contribution in [1.29, 1.82) is 0 Å². The summed E-state index contributed by atoms with van der Waals surface area (Å²) in [5, 5.41) is 0. The predicted molar refractivity (Wildman–Crippen MR) is 83.9 cm³/mol. The van der Waals surface area contributed by atoms with Crippen molar-refractivity contribution in [2.75, 3.05) is 17.4 Å². The molecule has 0 aliphatic carbocycles. The largest absolute Gasteiger partial charge is 0.301 e. The number of hydrogen-bond acceptors (Lipinski definition) is 3. The molecule has 1 aromatic carbocycles. The van der Waals surface area contributed by atoms with E-state index in [0.717, 1.165) is 18.4 Å². The Morgan fingerprint density at radius 2 is 2.10 bits per heavy atom. The number of hydrogen-bond donors (Lipinski definition) is 1. The fourth-order valence-electron chi connectivity index (χ4n) is 2.38. The minimum absolute atomic E-state index is 0.00397. The molecule has 1 aromatic rings. The molecule has 0 unspecified atom stereocenters. The molecule has 116 valence electrons. The lowest BCUT2D eigenvalue weighted by Gasteiger charge is -2.31. The van der Waals surface area contributed by atoms with Gasteiger partial charge in [-0.25, -0.2) is 0 Å². The Hall–Kier alpha value is -1.40. The van der Waals surface area contributed by atoms with E-state index >= 15 is 0 Å². The Kier molecular flexibility index (Phi) is 4.68. The van der Waals surface area contributed by atoms with Crippen LogP contribution in [0, 0.1) is 5.92 Å². The molecule has 2 rings (SSSR count). The van der Waals surface area contributed by atoms with Crippen molar-refractivity contribution in [3.05, 3.63) is 29.3 Å². The highest BCUT2D eigenvalue weighted by molar-refractivity contribution is 7.90. The first kappa shape index (κ1) is 16.0. The summed E-state index contributed by atoms with van der Waals surface area (Å²) in [5.74, 6) is 0.250.